The van der Waals surface area contributed by atoms with E-state index in [1.807, 2.05) is 0 Å². The van der Waals surface area contributed by atoms with Gasteiger partial charge in [-0.05, 0) is 24.6 Å². The molecule has 0 saturated heterocycles. The summed E-state index contributed by atoms with van der Waals surface area (Å²) in [6.07, 6.45) is 0.220. The van der Waals surface area contributed by atoms with Crippen LogP contribution in [-0.4, -0.2) is 31.2 Å². The van der Waals surface area contributed by atoms with Crippen molar-refractivity contribution in [2.45, 2.75) is 31.7 Å². The third kappa shape index (κ3) is 4.41. The fourth-order valence-corrected chi connectivity index (χ4v) is 2.31. The van der Waals surface area contributed by atoms with E-state index in [1.54, 1.807) is 25.1 Å². The number of benzene rings is 1. The van der Waals surface area contributed by atoms with Crippen molar-refractivity contribution in [2.24, 2.45) is 0 Å². The molecule has 0 aromatic heterocycles. The standard InChI is InChI=1S/C13H18Cl2O3/c1-13(16,8-12(17-2)18-3)7-9-10(14)5-4-6-11(9)15/h4-6,12,16H,7-8H2,1-3H3. The van der Waals surface area contributed by atoms with E-state index in [0.29, 0.717) is 22.9 Å². The number of hydrogen-bond acceptors (Lipinski definition) is 3. The molecule has 18 heavy (non-hydrogen) atoms. The van der Waals surface area contributed by atoms with Gasteiger partial charge in [-0.3, -0.25) is 0 Å². The van der Waals surface area contributed by atoms with Crippen LogP contribution >= 0.6 is 23.2 Å². The minimum absolute atomic E-state index is 0.335. The second kappa shape index (κ2) is 6.73. The van der Waals surface area contributed by atoms with Crippen LogP contribution in [0.4, 0.5) is 0 Å². The lowest BCUT2D eigenvalue weighted by Crippen LogP contribution is -2.34. The summed E-state index contributed by atoms with van der Waals surface area (Å²) in [6, 6.07) is 5.28. The third-order valence-electron chi connectivity index (χ3n) is 2.75. The zero-order chi connectivity index (χ0) is 13.8. The van der Waals surface area contributed by atoms with Gasteiger partial charge < -0.3 is 14.6 Å². The quantitative estimate of drug-likeness (QED) is 0.818. The van der Waals surface area contributed by atoms with Gasteiger partial charge in [-0.25, -0.2) is 0 Å². The molecule has 0 aliphatic rings. The molecule has 1 atom stereocenters. The Kier molecular flexibility index (Phi) is 5.89. The van der Waals surface area contributed by atoms with E-state index in [2.05, 4.69) is 0 Å². The van der Waals surface area contributed by atoms with Crippen LogP contribution in [0, 0.1) is 0 Å². The van der Waals surface area contributed by atoms with Crippen LogP contribution in [0.1, 0.15) is 18.9 Å². The summed E-state index contributed by atoms with van der Waals surface area (Å²) in [5, 5.41) is 11.5. The number of rotatable bonds is 6. The lowest BCUT2D eigenvalue weighted by atomic mass is 9.93. The van der Waals surface area contributed by atoms with Gasteiger partial charge in [0.2, 0.25) is 0 Å². The second-order valence-electron chi connectivity index (χ2n) is 4.48. The maximum atomic E-state index is 10.4. The number of aliphatic hydroxyl groups is 1. The Morgan fingerprint density at radius 2 is 1.72 bits per heavy atom. The number of hydrogen-bond donors (Lipinski definition) is 1. The van der Waals surface area contributed by atoms with E-state index in [4.69, 9.17) is 32.7 Å². The predicted molar refractivity (Wildman–Crippen MR) is 73.2 cm³/mol. The first-order valence-corrected chi connectivity index (χ1v) is 6.36. The van der Waals surface area contributed by atoms with Crippen LogP contribution in [0.2, 0.25) is 10.0 Å². The molecule has 1 aromatic rings. The first-order valence-electron chi connectivity index (χ1n) is 5.60. The molecule has 0 radical (unpaired) electrons. The first kappa shape index (κ1) is 15.7. The summed E-state index contributed by atoms with van der Waals surface area (Å²) in [6.45, 7) is 1.71. The normalized spacial score (nSPS) is 14.8. The van der Waals surface area contributed by atoms with Crippen molar-refractivity contribution in [2.75, 3.05) is 14.2 Å². The Hall–Kier alpha value is -0.320. The van der Waals surface area contributed by atoms with Gasteiger partial charge in [0, 0.05) is 37.1 Å². The molecule has 0 aliphatic heterocycles. The Labute approximate surface area is 118 Å². The van der Waals surface area contributed by atoms with Crippen LogP contribution in [0.25, 0.3) is 0 Å². The van der Waals surface area contributed by atoms with E-state index in [1.165, 1.54) is 14.2 Å². The highest BCUT2D eigenvalue weighted by atomic mass is 35.5. The topological polar surface area (TPSA) is 38.7 Å². The largest absolute Gasteiger partial charge is 0.390 e. The lowest BCUT2D eigenvalue weighted by molar-refractivity contribution is -0.139. The SMILES string of the molecule is COC(CC(C)(O)Cc1c(Cl)cccc1Cl)OC. The van der Waals surface area contributed by atoms with Crippen LogP contribution in [0.15, 0.2) is 18.2 Å². The van der Waals surface area contributed by atoms with Gasteiger partial charge in [-0.2, -0.15) is 0 Å². The van der Waals surface area contributed by atoms with E-state index >= 15 is 0 Å². The van der Waals surface area contributed by atoms with Gasteiger partial charge >= 0.3 is 0 Å². The summed E-state index contributed by atoms with van der Waals surface area (Å²) in [5.74, 6) is 0. The summed E-state index contributed by atoms with van der Waals surface area (Å²) in [4.78, 5) is 0. The van der Waals surface area contributed by atoms with Crippen molar-refractivity contribution in [3.63, 3.8) is 0 Å². The molecular weight excluding hydrogens is 275 g/mol. The molecule has 0 fully saturated rings. The first-order chi connectivity index (χ1) is 8.39. The van der Waals surface area contributed by atoms with E-state index in [0.717, 1.165) is 5.56 Å². The highest BCUT2D eigenvalue weighted by Gasteiger charge is 2.27. The molecular formula is C13H18Cl2O3. The molecule has 1 N–H and O–H groups in total. The van der Waals surface area contributed by atoms with Crippen molar-refractivity contribution in [1.29, 1.82) is 0 Å². The Morgan fingerprint density at radius 3 is 2.17 bits per heavy atom. The number of ether oxygens (including phenoxy) is 2. The summed E-state index contributed by atoms with van der Waals surface area (Å²) >= 11 is 12.2. The van der Waals surface area contributed by atoms with E-state index < -0.39 is 11.9 Å². The molecule has 0 amide bonds. The molecule has 1 unspecified atom stereocenters. The minimum Gasteiger partial charge on any atom is -0.390 e. The van der Waals surface area contributed by atoms with E-state index in [9.17, 15) is 5.11 Å². The monoisotopic (exact) mass is 292 g/mol. The number of methoxy groups -OCH3 is 2. The van der Waals surface area contributed by atoms with Crippen LogP contribution in [-0.2, 0) is 15.9 Å². The molecule has 0 aliphatic carbocycles. The van der Waals surface area contributed by atoms with Crippen molar-refractivity contribution >= 4 is 23.2 Å². The zero-order valence-electron chi connectivity index (χ0n) is 10.7. The van der Waals surface area contributed by atoms with Gasteiger partial charge in [-0.15, -0.1) is 0 Å². The average Bonchev–Trinajstić information content (AvgIpc) is 2.31. The van der Waals surface area contributed by atoms with Gasteiger partial charge in [0.15, 0.2) is 6.29 Å². The molecule has 5 heteroatoms. The molecule has 102 valence electrons. The summed E-state index contributed by atoms with van der Waals surface area (Å²) < 4.78 is 10.2. The molecule has 1 aromatic carbocycles. The average molecular weight is 293 g/mol. The van der Waals surface area contributed by atoms with Gasteiger partial charge in [0.1, 0.15) is 0 Å². The second-order valence-corrected chi connectivity index (χ2v) is 5.29. The molecule has 1 rings (SSSR count). The maximum absolute atomic E-state index is 10.4. The third-order valence-corrected chi connectivity index (χ3v) is 3.46. The smallest absolute Gasteiger partial charge is 0.159 e. The van der Waals surface area contributed by atoms with Gasteiger partial charge in [0.25, 0.3) is 0 Å². The number of halogens is 2. The summed E-state index contributed by atoms with van der Waals surface area (Å²) in [7, 11) is 3.07. The molecule has 0 spiro atoms. The van der Waals surface area contributed by atoms with E-state index in [-0.39, 0.29) is 0 Å². The highest BCUT2D eigenvalue weighted by molar-refractivity contribution is 6.36. The van der Waals surface area contributed by atoms with Crippen molar-refractivity contribution in [3.05, 3.63) is 33.8 Å². The predicted octanol–water partition coefficient (Wildman–Crippen LogP) is 3.30. The Balaban J connectivity index is 2.81. The van der Waals surface area contributed by atoms with Gasteiger partial charge in [0.05, 0.1) is 5.60 Å². The fraction of sp³-hybridized carbons (Fsp3) is 0.538. The van der Waals surface area contributed by atoms with Crippen LogP contribution in [0.3, 0.4) is 0 Å². The molecule has 0 saturated carbocycles. The fourth-order valence-electron chi connectivity index (χ4n) is 1.78. The maximum Gasteiger partial charge on any atom is 0.159 e. The van der Waals surface area contributed by atoms with Crippen molar-refractivity contribution in [3.8, 4) is 0 Å². The highest BCUT2D eigenvalue weighted by Crippen LogP contribution is 2.30. The Morgan fingerprint density at radius 1 is 1.22 bits per heavy atom. The molecule has 0 bridgehead atoms. The van der Waals surface area contributed by atoms with Crippen molar-refractivity contribution < 1.29 is 14.6 Å². The minimum atomic E-state index is -1.01. The van der Waals surface area contributed by atoms with Crippen LogP contribution < -0.4 is 0 Å². The summed E-state index contributed by atoms with van der Waals surface area (Å²) in [5.41, 5.74) is -0.275. The van der Waals surface area contributed by atoms with Gasteiger partial charge in [-0.1, -0.05) is 29.3 Å². The zero-order valence-corrected chi connectivity index (χ0v) is 12.3. The van der Waals surface area contributed by atoms with Crippen molar-refractivity contribution in [1.82, 2.24) is 0 Å². The molecule has 0 heterocycles. The lowest BCUT2D eigenvalue weighted by Gasteiger charge is -2.27. The Bertz CT molecular complexity index is 370. The van der Waals surface area contributed by atoms with Crippen LogP contribution in [0.5, 0.6) is 0 Å². The molecule has 3 nitrogen and oxygen atoms in total.